The first kappa shape index (κ1) is 11.7. The third kappa shape index (κ3) is 2.55. The fourth-order valence-corrected chi connectivity index (χ4v) is 2.18. The third-order valence-electron chi connectivity index (χ3n) is 3.22. The van der Waals surface area contributed by atoms with E-state index in [2.05, 4.69) is 54.4 Å². The van der Waals surface area contributed by atoms with Gasteiger partial charge in [-0.15, -0.1) is 0 Å². The van der Waals surface area contributed by atoms with E-state index < -0.39 is 0 Å². The molecular weight excluding hydrogens is 231 g/mol. The van der Waals surface area contributed by atoms with Gasteiger partial charge in [0.25, 0.3) is 0 Å². The predicted octanol–water partition coefficient (Wildman–Crippen LogP) is 4.98. The van der Waals surface area contributed by atoms with Gasteiger partial charge in [0.15, 0.2) is 0 Å². The Kier molecular flexibility index (Phi) is 3.11. The Morgan fingerprint density at radius 1 is 0.737 bits per heavy atom. The van der Waals surface area contributed by atoms with Crippen LogP contribution >= 0.6 is 0 Å². The lowest BCUT2D eigenvalue weighted by molar-refractivity contribution is 1.48. The van der Waals surface area contributed by atoms with E-state index in [0.717, 1.165) is 11.4 Å². The standard InChI is InChI=1S/C18H15N/c1-14(19-18-9-3-2-4-10-18)16-12-11-15-7-5-6-8-17(15)13-16/h2-13H,1H3/i19+1. The van der Waals surface area contributed by atoms with Crippen molar-refractivity contribution in [2.24, 2.45) is 4.99 Å². The maximum absolute atomic E-state index is 4.65. The average molecular weight is 246 g/mol. The summed E-state index contributed by atoms with van der Waals surface area (Å²) in [7, 11) is 0. The molecule has 0 spiro atoms. The van der Waals surface area contributed by atoms with E-state index in [1.807, 2.05) is 30.3 Å². The van der Waals surface area contributed by atoms with Crippen LogP contribution in [0.2, 0.25) is 0 Å². The molecule has 3 aromatic rings. The van der Waals surface area contributed by atoms with Crippen molar-refractivity contribution in [2.75, 3.05) is 0 Å². The first-order chi connectivity index (χ1) is 9.33. The van der Waals surface area contributed by atoms with E-state index in [4.69, 9.17) is 0 Å². The van der Waals surface area contributed by atoms with Crippen molar-refractivity contribution in [3.63, 3.8) is 0 Å². The molecule has 0 radical (unpaired) electrons. The number of hydrogen-bond acceptors (Lipinski definition) is 1. The molecule has 0 unspecified atom stereocenters. The minimum atomic E-state index is 0.994. The van der Waals surface area contributed by atoms with Crippen LogP contribution in [0.3, 0.4) is 0 Å². The zero-order valence-corrected chi connectivity index (χ0v) is 10.9. The summed E-state index contributed by atoms with van der Waals surface area (Å²) < 4.78 is 0. The number of aliphatic imine (C=N–C) groups is 1. The number of nitrogens with zero attached hydrogens (tertiary/aromatic N) is 1. The largest absolute Gasteiger partial charge is 0.253 e. The van der Waals surface area contributed by atoms with Crippen LogP contribution in [0.25, 0.3) is 10.8 Å². The Balaban J connectivity index is 2.02. The fraction of sp³-hybridized carbons (Fsp3) is 0.0556. The van der Waals surface area contributed by atoms with E-state index in [9.17, 15) is 0 Å². The molecule has 0 aliphatic rings. The van der Waals surface area contributed by atoms with Gasteiger partial charge in [0.05, 0.1) is 5.69 Å². The maximum atomic E-state index is 4.65. The van der Waals surface area contributed by atoms with E-state index in [0.29, 0.717) is 0 Å². The van der Waals surface area contributed by atoms with Crippen LogP contribution in [-0.4, -0.2) is 5.71 Å². The van der Waals surface area contributed by atoms with Crippen molar-refractivity contribution in [3.8, 4) is 0 Å². The molecule has 0 aromatic heterocycles. The molecule has 0 aliphatic heterocycles. The van der Waals surface area contributed by atoms with Crippen LogP contribution in [0, 0.1) is 0 Å². The molecule has 19 heavy (non-hydrogen) atoms. The number of hydrogen-bond donors (Lipinski definition) is 0. The number of benzene rings is 3. The lowest BCUT2D eigenvalue weighted by Gasteiger charge is -2.04. The summed E-state index contributed by atoms with van der Waals surface area (Å²) in [6.07, 6.45) is 0. The molecule has 3 aromatic carbocycles. The monoisotopic (exact) mass is 246 g/mol. The quantitative estimate of drug-likeness (QED) is 0.446. The van der Waals surface area contributed by atoms with Gasteiger partial charge in [-0.3, -0.25) is 4.99 Å². The Morgan fingerprint density at radius 2 is 1.42 bits per heavy atom. The molecule has 0 saturated carbocycles. The van der Waals surface area contributed by atoms with Gasteiger partial charge in [0.2, 0.25) is 0 Å². The molecular formula is C18H15N. The van der Waals surface area contributed by atoms with Crippen molar-refractivity contribution >= 4 is 22.2 Å². The van der Waals surface area contributed by atoms with Crippen LogP contribution in [0.15, 0.2) is 77.8 Å². The molecule has 1 nitrogen and oxygen atoms in total. The SMILES string of the molecule is CC(=[15N]c1ccccc1)c1ccc2ccccc2c1. The minimum absolute atomic E-state index is 0.994. The van der Waals surface area contributed by atoms with Gasteiger partial charge < -0.3 is 0 Å². The summed E-state index contributed by atoms with van der Waals surface area (Å²) in [6, 6.07) is 24.9. The van der Waals surface area contributed by atoms with Gasteiger partial charge in [-0.2, -0.15) is 0 Å². The summed E-state index contributed by atoms with van der Waals surface area (Å²) in [4.78, 5) is 4.65. The molecule has 92 valence electrons. The second-order valence-corrected chi connectivity index (χ2v) is 4.59. The van der Waals surface area contributed by atoms with Gasteiger partial charge in [0.1, 0.15) is 0 Å². The smallest absolute Gasteiger partial charge is 0.0633 e. The van der Waals surface area contributed by atoms with Crippen LogP contribution in [0.1, 0.15) is 12.5 Å². The van der Waals surface area contributed by atoms with E-state index in [-0.39, 0.29) is 0 Å². The summed E-state index contributed by atoms with van der Waals surface area (Å²) in [5, 5.41) is 2.52. The normalized spacial score (nSPS) is 11.7. The van der Waals surface area contributed by atoms with Gasteiger partial charge in [-0.05, 0) is 41.5 Å². The van der Waals surface area contributed by atoms with Crippen molar-refractivity contribution in [1.82, 2.24) is 0 Å². The number of fused-ring (bicyclic) bond motifs is 1. The Labute approximate surface area is 113 Å². The van der Waals surface area contributed by atoms with Crippen molar-refractivity contribution in [2.45, 2.75) is 6.92 Å². The average Bonchev–Trinajstić information content (AvgIpc) is 2.48. The van der Waals surface area contributed by atoms with Crippen LogP contribution in [-0.2, 0) is 0 Å². The van der Waals surface area contributed by atoms with Crippen LogP contribution in [0.5, 0.6) is 0 Å². The first-order valence-electron chi connectivity index (χ1n) is 6.42. The van der Waals surface area contributed by atoms with E-state index >= 15 is 0 Å². The maximum Gasteiger partial charge on any atom is 0.0633 e. The topological polar surface area (TPSA) is 12.4 Å². The van der Waals surface area contributed by atoms with E-state index in [1.165, 1.54) is 16.3 Å². The molecule has 0 amide bonds. The Bertz CT molecular complexity index is 727. The molecule has 0 N–H and O–H groups in total. The molecule has 0 heterocycles. The lowest BCUT2D eigenvalue weighted by atomic mass is 10.1. The predicted molar refractivity (Wildman–Crippen MR) is 82.3 cm³/mol. The summed E-state index contributed by atoms with van der Waals surface area (Å²) >= 11 is 0. The molecule has 0 atom stereocenters. The fourth-order valence-electron chi connectivity index (χ4n) is 2.18. The first-order valence-corrected chi connectivity index (χ1v) is 6.42. The van der Waals surface area contributed by atoms with Gasteiger partial charge in [-0.25, -0.2) is 0 Å². The highest BCUT2D eigenvalue weighted by atomic mass is 15.5. The molecule has 0 saturated heterocycles. The van der Waals surface area contributed by atoms with Gasteiger partial charge in [-0.1, -0.05) is 54.6 Å². The molecule has 1 heteroatoms. The zero-order valence-electron chi connectivity index (χ0n) is 10.9. The number of para-hydroxylation sites is 1. The lowest BCUT2D eigenvalue weighted by Crippen LogP contribution is -1.93. The van der Waals surface area contributed by atoms with Crippen molar-refractivity contribution in [1.29, 1.82) is 0 Å². The highest BCUT2D eigenvalue weighted by Crippen LogP contribution is 2.18. The third-order valence-corrected chi connectivity index (χ3v) is 3.22. The van der Waals surface area contributed by atoms with Crippen LogP contribution in [0.4, 0.5) is 5.69 Å². The highest BCUT2D eigenvalue weighted by Gasteiger charge is 1.99. The molecule has 0 fully saturated rings. The highest BCUT2D eigenvalue weighted by molar-refractivity contribution is 6.03. The van der Waals surface area contributed by atoms with Crippen molar-refractivity contribution in [3.05, 3.63) is 78.4 Å². The molecule has 0 aliphatic carbocycles. The zero-order chi connectivity index (χ0) is 13.1. The summed E-state index contributed by atoms with van der Waals surface area (Å²) in [6.45, 7) is 2.05. The second-order valence-electron chi connectivity index (χ2n) is 4.59. The Morgan fingerprint density at radius 3 is 2.21 bits per heavy atom. The summed E-state index contributed by atoms with van der Waals surface area (Å²) in [5.41, 5.74) is 3.20. The minimum Gasteiger partial charge on any atom is -0.253 e. The number of rotatable bonds is 2. The molecule has 3 rings (SSSR count). The van der Waals surface area contributed by atoms with Gasteiger partial charge >= 0.3 is 0 Å². The van der Waals surface area contributed by atoms with E-state index in [1.54, 1.807) is 0 Å². The van der Waals surface area contributed by atoms with Crippen LogP contribution < -0.4 is 0 Å². The second kappa shape index (κ2) is 5.07. The van der Waals surface area contributed by atoms with Gasteiger partial charge in [0, 0.05) is 5.71 Å². The molecule has 0 bridgehead atoms. The summed E-state index contributed by atoms with van der Waals surface area (Å²) in [5.74, 6) is 0. The Hall–Kier alpha value is -2.41. The van der Waals surface area contributed by atoms with Crippen molar-refractivity contribution < 1.29 is 0 Å².